The van der Waals surface area contributed by atoms with Gasteiger partial charge >= 0.3 is 0 Å². The van der Waals surface area contributed by atoms with Gasteiger partial charge in [0.25, 0.3) is 0 Å². The second kappa shape index (κ2) is 52.6. The average molecular weight is 2280 g/mol. The highest BCUT2D eigenvalue weighted by molar-refractivity contribution is 8.00. The van der Waals surface area contributed by atoms with E-state index < -0.39 is 60.0 Å². The van der Waals surface area contributed by atoms with Crippen LogP contribution in [0.15, 0.2) is 216 Å². The number of nitriles is 5. The van der Waals surface area contributed by atoms with Gasteiger partial charge in [0.1, 0.15) is 65.6 Å². The summed E-state index contributed by atoms with van der Waals surface area (Å²) in [6, 6.07) is 57.8. The summed E-state index contributed by atoms with van der Waals surface area (Å²) in [5.41, 5.74) is 3.27. The van der Waals surface area contributed by atoms with Crippen LogP contribution in [-0.2, 0) is 60.0 Å². The fourth-order valence-electron chi connectivity index (χ4n) is 16.4. The van der Waals surface area contributed by atoms with Crippen LogP contribution in [0.5, 0.6) is 46.0 Å². The van der Waals surface area contributed by atoms with Crippen LogP contribution < -0.4 is 18.9 Å². The molecular formula is C102H109Cl8N13O16S7. The van der Waals surface area contributed by atoms with Crippen molar-refractivity contribution in [3.8, 4) is 76.3 Å². The number of nitrogens with zero attached hydrogens (tertiary/aromatic N) is 13. The molecule has 0 radical (unpaired) electrons. The van der Waals surface area contributed by atoms with Gasteiger partial charge in [0.05, 0.1) is 94.7 Å². The van der Waals surface area contributed by atoms with Crippen molar-refractivity contribution in [1.29, 1.82) is 26.3 Å². The number of benzene rings is 10. The number of aryl methyl sites for hydroxylation is 2. The van der Waals surface area contributed by atoms with Gasteiger partial charge in [-0.2, -0.15) is 47.8 Å². The minimum absolute atomic E-state index is 0.0387. The van der Waals surface area contributed by atoms with Crippen LogP contribution in [0.4, 0.5) is 0 Å². The first-order chi connectivity index (χ1) is 69.2. The Labute approximate surface area is 901 Å². The number of hydrogen-bond donors (Lipinski definition) is 0. The Morgan fingerprint density at radius 1 is 0.349 bits per heavy atom. The summed E-state index contributed by atoms with van der Waals surface area (Å²) in [5.74, 6) is 1.49. The third kappa shape index (κ3) is 30.4. The second-order valence-electron chi connectivity index (χ2n) is 35.1. The van der Waals surface area contributed by atoms with Gasteiger partial charge < -0.3 is 18.9 Å². The molecule has 0 aliphatic carbocycles. The van der Waals surface area contributed by atoms with Crippen LogP contribution in [0, 0.1) is 76.4 Å². The molecule has 0 N–H and O–H groups in total. The lowest BCUT2D eigenvalue weighted by molar-refractivity contribution is 0.130. The van der Waals surface area contributed by atoms with E-state index in [9.17, 15) is 76.8 Å². The maximum absolute atomic E-state index is 13.5. The molecule has 5 aliphatic rings. The van der Waals surface area contributed by atoms with Crippen LogP contribution >= 0.6 is 105 Å². The lowest BCUT2D eigenvalue weighted by Gasteiger charge is -2.38. The van der Waals surface area contributed by atoms with Crippen molar-refractivity contribution in [1.82, 2.24) is 36.2 Å². The largest absolute Gasteiger partial charge is 0.454 e. The topological polar surface area (TPSA) is 387 Å². The molecule has 10 aromatic carbocycles. The van der Waals surface area contributed by atoms with Gasteiger partial charge in [-0.25, -0.2) is 50.5 Å². The standard InChI is InChI=1S/2C22H25Cl2N3O3S.C20H21Cl2N3O3S.C19H18Cl2N2O3S.C19H20N2O4S3/c1-3-4-16(2)26-9-11-27(12-10-26)31(28,29)22-13-17(15-25)5-8-20(22)30-21-14-18(23)6-7-19(21)24;1-3-18(4-2)26-9-11-27(12-10-26)31(28,29)22-13-16(15-25)5-8-20(22)30-21-14-17(23)6-7-19(21)24;1-14(2)24-7-9-25(10-8-24)29(26,27)20-11-15(13-23)3-6-18(20)28-19-12-16(21)4-5-17(19)22;1-13-6-8-23(9-7-13)27(24,25)19-10-14(12-22)2-5-17(19)26-18-11-15(20)3-4-16(18)21;1-14-3-4-15(2)18(11-14)26-17-6-5-16(13-20)12-19(17)28(24,25)21-7-9-27(22,23)10-8-21/h5-8,13-14,16H,3-4,9-12H2,1-2H3;5-8,13-14,18H,3-4,9-12H2,1-2H3;3-6,11-12,14H,7-10H2,1-2H3;2-5,10-11,13H,6-9H2,1H3;3-6,11-12H,7-10H2,1-2H3. The fourth-order valence-corrected chi connectivity index (χ4v) is 28.4. The molecule has 5 fully saturated rings. The predicted molar refractivity (Wildman–Crippen MR) is 571 cm³/mol. The van der Waals surface area contributed by atoms with E-state index in [1.54, 1.807) is 60.7 Å². The maximum atomic E-state index is 13.5. The summed E-state index contributed by atoms with van der Waals surface area (Å²) < 4.78 is 187. The van der Waals surface area contributed by atoms with Gasteiger partial charge in [0.2, 0.25) is 50.1 Å². The summed E-state index contributed by atoms with van der Waals surface area (Å²) >= 11 is 50.1. The maximum Gasteiger partial charge on any atom is 0.246 e. The predicted octanol–water partition coefficient (Wildman–Crippen LogP) is 22.5. The molecule has 1 atom stereocenters. The summed E-state index contributed by atoms with van der Waals surface area (Å²) in [5, 5.41) is 49.1. The monoisotopic (exact) mass is 2280 g/mol. The van der Waals surface area contributed by atoms with Crippen molar-refractivity contribution in [2.45, 2.75) is 153 Å². The zero-order valence-electron chi connectivity index (χ0n) is 81.3. The Morgan fingerprint density at radius 2 is 0.644 bits per heavy atom. The summed E-state index contributed by atoms with van der Waals surface area (Å²) in [4.78, 5) is 8.13. The van der Waals surface area contributed by atoms with E-state index in [2.05, 4.69) is 63.2 Å². The van der Waals surface area contributed by atoms with E-state index in [4.69, 9.17) is 112 Å². The van der Waals surface area contributed by atoms with E-state index in [-0.39, 0.29) is 123 Å². The first-order valence-electron chi connectivity index (χ1n) is 46.6. The summed E-state index contributed by atoms with van der Waals surface area (Å²) in [6.07, 6.45) is 5.83. The molecule has 0 aromatic heterocycles. The Hall–Kier alpha value is -9.10. The number of sulfonamides is 5. The van der Waals surface area contributed by atoms with Crippen LogP contribution in [-0.4, -0.2) is 221 Å². The van der Waals surface area contributed by atoms with Gasteiger partial charge in [-0.15, -0.1) is 0 Å². The average Bonchev–Trinajstić information content (AvgIpc) is 0.790. The molecule has 29 nitrogen and oxygen atoms in total. The quantitative estimate of drug-likeness (QED) is 0.0461. The van der Waals surface area contributed by atoms with Crippen molar-refractivity contribution in [2.75, 3.05) is 116 Å². The first kappa shape index (κ1) is 117. The van der Waals surface area contributed by atoms with Crippen molar-refractivity contribution < 1.29 is 69.5 Å². The third-order valence-corrected chi connectivity index (χ3v) is 39.6. The van der Waals surface area contributed by atoms with Gasteiger partial charge in [0.15, 0.2) is 9.84 Å². The van der Waals surface area contributed by atoms with Gasteiger partial charge in [-0.3, -0.25) is 14.7 Å². The first-order valence-corrected chi connectivity index (χ1v) is 59.5. The van der Waals surface area contributed by atoms with Crippen molar-refractivity contribution in [3.05, 3.63) is 261 Å². The molecule has 15 rings (SSSR count). The minimum Gasteiger partial charge on any atom is -0.454 e. The molecule has 5 heterocycles. The molecule has 5 aliphatic heterocycles. The second-order valence-corrected chi connectivity index (χ2v) is 51.4. The normalized spacial score (nSPS) is 16.3. The van der Waals surface area contributed by atoms with E-state index in [1.807, 2.05) is 62.4 Å². The minimum atomic E-state index is -3.92. The number of piperazine rings is 3. The summed E-state index contributed by atoms with van der Waals surface area (Å²) in [7, 11) is -22.6. The van der Waals surface area contributed by atoms with E-state index >= 15 is 0 Å². The highest BCUT2D eigenvalue weighted by Crippen LogP contribution is 2.45. The number of sulfone groups is 1. The Morgan fingerprint density at radius 3 is 0.959 bits per heavy atom. The number of halogens is 8. The van der Waals surface area contributed by atoms with Crippen LogP contribution in [0.2, 0.25) is 40.2 Å². The van der Waals surface area contributed by atoms with Gasteiger partial charge in [-0.05, 0) is 229 Å². The lowest BCUT2D eigenvalue weighted by atomic mass is 10.0. The number of ether oxygens (including phenoxy) is 4. The van der Waals surface area contributed by atoms with Crippen molar-refractivity contribution >= 4 is 165 Å². The molecule has 0 spiro atoms. The van der Waals surface area contributed by atoms with Crippen LogP contribution in [0.1, 0.15) is 126 Å². The zero-order chi connectivity index (χ0) is 107. The molecule has 146 heavy (non-hydrogen) atoms. The van der Waals surface area contributed by atoms with Gasteiger partial charge in [0, 0.05) is 177 Å². The molecule has 0 saturated carbocycles. The molecule has 1 unspecified atom stereocenters. The van der Waals surface area contributed by atoms with Crippen LogP contribution in [0.25, 0.3) is 0 Å². The summed E-state index contributed by atoms with van der Waals surface area (Å²) in [6.45, 7) is 25.8. The number of piperidine rings is 1. The Bertz CT molecular complexity index is 7350. The highest BCUT2D eigenvalue weighted by Gasteiger charge is 2.40. The highest BCUT2D eigenvalue weighted by atomic mass is 35.5. The van der Waals surface area contributed by atoms with Crippen molar-refractivity contribution in [2.24, 2.45) is 5.92 Å². The van der Waals surface area contributed by atoms with Crippen molar-refractivity contribution in [3.63, 3.8) is 0 Å². The van der Waals surface area contributed by atoms with Gasteiger partial charge in [-0.1, -0.05) is 151 Å². The molecule has 10 aromatic rings. The molecular weight excluding hydrogens is 2170 g/mol. The third-order valence-electron chi connectivity index (χ3n) is 24.9. The Balaban J connectivity index is 0.000000174. The molecule has 5 saturated heterocycles. The van der Waals surface area contributed by atoms with E-state index in [0.717, 1.165) is 54.5 Å². The molecule has 44 heteroatoms. The zero-order valence-corrected chi connectivity index (χ0v) is 93.1. The SMILES string of the molecule is CC(C)N1CCN(S(=O)(=O)c2cc(C#N)ccc2Oc2cc(Cl)ccc2Cl)CC1.CC1CCN(S(=O)(=O)c2cc(C#N)ccc2Oc2cc(Cl)ccc2Cl)CC1.CCC(CC)N1CCN(S(=O)(=O)c2cc(C#N)ccc2Oc2cc(Cl)ccc2Cl)CC1.CCCC(C)N1CCN(S(=O)(=O)c2cc(C#N)ccc2Oc2cc(Cl)ccc2Cl)CC1.Cc1ccc(C)c(Sc2ccc(C#N)cc2S(=O)(=O)N2CCS(=O)(=O)CC2)c1. The molecule has 776 valence electrons. The van der Waals surface area contributed by atoms with Crippen LogP contribution in [0.3, 0.4) is 0 Å². The Kier molecular flexibility index (Phi) is 42.2. The lowest BCUT2D eigenvalue weighted by Crippen LogP contribution is -2.51. The number of rotatable bonds is 27. The smallest absolute Gasteiger partial charge is 0.246 e. The molecule has 0 amide bonds. The number of hydrogen-bond acceptors (Lipinski definition) is 25. The van der Waals surface area contributed by atoms with E-state index in [1.165, 1.54) is 136 Å². The fraction of sp³-hybridized carbons (Fsp3) is 0.363. The molecule has 0 bridgehead atoms. The van der Waals surface area contributed by atoms with E-state index in [0.29, 0.717) is 161 Å².